The Labute approximate surface area is 236 Å². The molecule has 0 spiro atoms. The molecule has 0 saturated heterocycles. The van der Waals surface area contributed by atoms with Crippen molar-refractivity contribution in [2.24, 2.45) is 29.1 Å². The van der Waals surface area contributed by atoms with E-state index in [2.05, 4.69) is 31.4 Å². The van der Waals surface area contributed by atoms with Gasteiger partial charge < -0.3 is 25.2 Å². The number of aliphatic carboxylic acids is 1. The van der Waals surface area contributed by atoms with Gasteiger partial charge in [0.15, 0.2) is 11.6 Å². The van der Waals surface area contributed by atoms with Crippen LogP contribution in [0.1, 0.15) is 95.8 Å². The summed E-state index contributed by atoms with van der Waals surface area (Å²) in [5.74, 6) is -1.31. The summed E-state index contributed by atoms with van der Waals surface area (Å²) in [5, 5.41) is 15.8. The fourth-order valence-corrected chi connectivity index (χ4v) is 7.25. The van der Waals surface area contributed by atoms with Crippen LogP contribution in [0.15, 0.2) is 12.1 Å². The molecule has 0 aliphatic heterocycles. The van der Waals surface area contributed by atoms with Crippen LogP contribution in [0.2, 0.25) is 0 Å². The standard InChI is InChI=1S/C31H45FN2O6/c1-6-18(7-2)17(3)33-29(36)26-19-8-9-20(14-19)27(26)34-28(35)22-15-25(23(32)16-24(22)39-5)40-21-10-12-31(4,13-11-21)30(37)38/h15-21,26-27H,6-14H2,1-5H3,(H,33,36)(H,34,35)(H,37,38)/t17-,19-,20+,21-,26+,27-,31+/m1/s1. The van der Waals surface area contributed by atoms with Crippen molar-refractivity contribution in [1.82, 2.24) is 10.6 Å². The Kier molecular flexibility index (Phi) is 9.30. The molecule has 0 heterocycles. The number of hydrogen-bond donors (Lipinski definition) is 3. The Hall–Kier alpha value is -2.84. The number of benzene rings is 1. The molecule has 2 bridgehead atoms. The van der Waals surface area contributed by atoms with E-state index in [1.807, 2.05) is 0 Å². The predicted molar refractivity (Wildman–Crippen MR) is 149 cm³/mol. The molecule has 0 radical (unpaired) electrons. The highest BCUT2D eigenvalue weighted by Crippen LogP contribution is 2.49. The van der Waals surface area contributed by atoms with Gasteiger partial charge in [0, 0.05) is 18.2 Å². The van der Waals surface area contributed by atoms with Crippen molar-refractivity contribution in [1.29, 1.82) is 0 Å². The molecule has 3 aliphatic rings. The van der Waals surface area contributed by atoms with Gasteiger partial charge >= 0.3 is 5.97 Å². The number of carboxylic acids is 1. The zero-order valence-corrected chi connectivity index (χ0v) is 24.4. The van der Waals surface area contributed by atoms with E-state index in [1.54, 1.807) is 6.92 Å². The van der Waals surface area contributed by atoms with E-state index in [-0.39, 0.29) is 58.9 Å². The first kappa shape index (κ1) is 30.1. The van der Waals surface area contributed by atoms with Gasteiger partial charge in [-0.05, 0) is 82.6 Å². The molecular formula is C31H45FN2O6. The van der Waals surface area contributed by atoms with Crippen molar-refractivity contribution in [3.63, 3.8) is 0 Å². The minimum absolute atomic E-state index is 0.00217. The van der Waals surface area contributed by atoms with Gasteiger partial charge in [-0.25, -0.2) is 4.39 Å². The van der Waals surface area contributed by atoms with Crippen LogP contribution in [0.3, 0.4) is 0 Å². The van der Waals surface area contributed by atoms with E-state index in [0.717, 1.165) is 38.2 Å². The zero-order valence-electron chi connectivity index (χ0n) is 24.4. The Morgan fingerprint density at radius 1 is 1.07 bits per heavy atom. The molecule has 9 heteroatoms. The minimum atomic E-state index is -0.835. The molecule has 222 valence electrons. The van der Waals surface area contributed by atoms with Crippen molar-refractivity contribution in [3.8, 4) is 11.5 Å². The van der Waals surface area contributed by atoms with Crippen LogP contribution in [0, 0.1) is 34.9 Å². The van der Waals surface area contributed by atoms with E-state index in [0.29, 0.717) is 31.6 Å². The van der Waals surface area contributed by atoms with Gasteiger partial charge in [0.05, 0.1) is 30.1 Å². The van der Waals surface area contributed by atoms with Gasteiger partial charge in [-0.15, -0.1) is 0 Å². The molecule has 0 aromatic heterocycles. The van der Waals surface area contributed by atoms with Crippen molar-refractivity contribution < 1.29 is 33.4 Å². The molecule has 3 aliphatic carbocycles. The molecule has 3 fully saturated rings. The molecule has 40 heavy (non-hydrogen) atoms. The number of nitrogens with one attached hydrogen (secondary N) is 2. The third-order valence-electron chi connectivity index (χ3n) is 9.99. The van der Waals surface area contributed by atoms with Crippen molar-refractivity contribution in [2.75, 3.05) is 7.11 Å². The first-order valence-electron chi connectivity index (χ1n) is 14.9. The average molecular weight is 561 g/mol. The molecule has 3 N–H and O–H groups in total. The summed E-state index contributed by atoms with van der Waals surface area (Å²) >= 11 is 0. The number of halogens is 1. The van der Waals surface area contributed by atoms with Crippen molar-refractivity contribution in [2.45, 2.75) is 104 Å². The van der Waals surface area contributed by atoms with Crippen LogP contribution in [0.4, 0.5) is 4.39 Å². The number of carbonyl (C=O) groups excluding carboxylic acids is 2. The molecule has 1 aromatic carbocycles. The summed E-state index contributed by atoms with van der Waals surface area (Å²) in [5.41, 5.74) is -0.657. The molecule has 8 nitrogen and oxygen atoms in total. The number of carbonyl (C=O) groups is 3. The van der Waals surface area contributed by atoms with Gasteiger partial charge in [0.2, 0.25) is 5.91 Å². The van der Waals surface area contributed by atoms with Gasteiger partial charge in [0.25, 0.3) is 5.91 Å². The average Bonchev–Trinajstić information content (AvgIpc) is 3.53. The van der Waals surface area contributed by atoms with Crippen LogP contribution in [-0.4, -0.2) is 48.2 Å². The summed E-state index contributed by atoms with van der Waals surface area (Å²) < 4.78 is 26.3. The largest absolute Gasteiger partial charge is 0.496 e. The fourth-order valence-electron chi connectivity index (χ4n) is 7.25. The maximum atomic E-state index is 15.0. The smallest absolute Gasteiger partial charge is 0.309 e. The van der Waals surface area contributed by atoms with Crippen molar-refractivity contribution >= 4 is 17.8 Å². The van der Waals surface area contributed by atoms with Gasteiger partial charge in [-0.3, -0.25) is 14.4 Å². The summed E-state index contributed by atoms with van der Waals surface area (Å²) in [6, 6.07) is 2.28. The second-order valence-corrected chi connectivity index (χ2v) is 12.4. The van der Waals surface area contributed by atoms with E-state index >= 15 is 0 Å². The van der Waals surface area contributed by atoms with E-state index < -0.39 is 23.1 Å². The first-order valence-corrected chi connectivity index (χ1v) is 14.9. The molecule has 4 rings (SSSR count). The van der Waals surface area contributed by atoms with Crippen LogP contribution in [-0.2, 0) is 9.59 Å². The van der Waals surface area contributed by atoms with E-state index in [1.165, 1.54) is 13.2 Å². The van der Waals surface area contributed by atoms with E-state index in [4.69, 9.17) is 9.47 Å². The van der Waals surface area contributed by atoms with Crippen molar-refractivity contribution in [3.05, 3.63) is 23.5 Å². The van der Waals surface area contributed by atoms with Gasteiger partial charge in [-0.1, -0.05) is 26.7 Å². The third kappa shape index (κ3) is 6.08. The fraction of sp³-hybridized carbons (Fsp3) is 0.710. The number of hydrogen-bond acceptors (Lipinski definition) is 5. The van der Waals surface area contributed by atoms with Gasteiger partial charge in [-0.2, -0.15) is 0 Å². The maximum absolute atomic E-state index is 15.0. The highest BCUT2D eigenvalue weighted by atomic mass is 19.1. The number of rotatable bonds is 11. The lowest BCUT2D eigenvalue weighted by molar-refractivity contribution is -0.150. The van der Waals surface area contributed by atoms with Crippen LogP contribution < -0.4 is 20.1 Å². The zero-order chi connectivity index (χ0) is 29.2. The lowest BCUT2D eigenvalue weighted by Gasteiger charge is -2.34. The summed E-state index contributed by atoms with van der Waals surface area (Å²) in [6.45, 7) is 8.03. The van der Waals surface area contributed by atoms with Crippen LogP contribution in [0.25, 0.3) is 0 Å². The molecule has 5 atom stereocenters. The molecule has 2 amide bonds. The molecule has 0 unspecified atom stereocenters. The topological polar surface area (TPSA) is 114 Å². The predicted octanol–water partition coefficient (Wildman–Crippen LogP) is 5.33. The minimum Gasteiger partial charge on any atom is -0.496 e. The second kappa shape index (κ2) is 12.4. The number of fused-ring (bicyclic) bond motifs is 2. The highest BCUT2D eigenvalue weighted by Gasteiger charge is 2.51. The first-order chi connectivity index (χ1) is 19.0. The SMILES string of the molecule is CCC(CC)[C@@H](C)NC(=O)[C@H]1[C@@H]2CC[C@@H](C2)[C@H]1NC(=O)c1cc(O[C@H]2CC[C@@](C)(C(=O)O)CC2)c(F)cc1OC. The Bertz CT molecular complexity index is 1100. The number of carboxylic acid groups (broad SMARTS) is 1. The third-order valence-corrected chi connectivity index (χ3v) is 9.99. The van der Waals surface area contributed by atoms with Crippen LogP contribution >= 0.6 is 0 Å². The monoisotopic (exact) mass is 560 g/mol. The lowest BCUT2D eigenvalue weighted by atomic mass is 9.75. The Morgan fingerprint density at radius 2 is 1.73 bits per heavy atom. The Balaban J connectivity index is 1.48. The summed E-state index contributed by atoms with van der Waals surface area (Å²) in [7, 11) is 1.38. The van der Waals surface area contributed by atoms with Crippen LogP contribution in [0.5, 0.6) is 11.5 Å². The quantitative estimate of drug-likeness (QED) is 0.337. The molecule has 3 saturated carbocycles. The maximum Gasteiger partial charge on any atom is 0.309 e. The molecule has 1 aromatic rings. The number of amides is 2. The summed E-state index contributed by atoms with van der Waals surface area (Å²) in [4.78, 5) is 38.6. The number of methoxy groups -OCH3 is 1. The van der Waals surface area contributed by atoms with E-state index in [9.17, 15) is 23.9 Å². The molecular weight excluding hydrogens is 515 g/mol. The summed E-state index contributed by atoms with van der Waals surface area (Å²) in [6.07, 6.45) is 6.31. The Morgan fingerprint density at radius 3 is 2.33 bits per heavy atom. The normalized spacial score (nSPS) is 30.1. The number of ether oxygens (including phenoxy) is 2. The second-order valence-electron chi connectivity index (χ2n) is 12.4. The highest BCUT2D eigenvalue weighted by molar-refractivity contribution is 5.98. The lowest BCUT2D eigenvalue weighted by Crippen LogP contribution is -2.52. The van der Waals surface area contributed by atoms with Gasteiger partial charge in [0.1, 0.15) is 5.75 Å².